The lowest BCUT2D eigenvalue weighted by atomic mass is 9.95. The van der Waals surface area contributed by atoms with Gasteiger partial charge in [-0.3, -0.25) is 4.68 Å². The number of benzene rings is 1. The van der Waals surface area contributed by atoms with Crippen LogP contribution in [0.2, 0.25) is 0 Å². The summed E-state index contributed by atoms with van der Waals surface area (Å²) in [6, 6.07) is 8.49. The molecule has 2 bridgehead atoms. The molecule has 0 saturated carbocycles. The number of nitrogens with two attached hydrogens (primary N) is 1. The number of aromatic nitrogens is 4. The molecule has 1 aliphatic rings. The van der Waals surface area contributed by atoms with Gasteiger partial charge in [-0.1, -0.05) is 30.7 Å². The van der Waals surface area contributed by atoms with Crippen LogP contribution in [0.4, 0.5) is 5.82 Å². The normalized spacial score (nSPS) is 15.1. The minimum Gasteiger partial charge on any atom is -0.482 e. The molecule has 0 spiro atoms. The highest BCUT2D eigenvalue weighted by atomic mass is 32.1. The highest BCUT2D eigenvalue weighted by Gasteiger charge is 2.25. The molecule has 0 radical (unpaired) electrons. The topological polar surface area (TPSA) is 78.9 Å². The highest BCUT2D eigenvalue weighted by molar-refractivity contribution is 7.12. The SMILES string of the molecule is CCc1nn(C)c2c1-c1cnc(N)c(c1)OC(C)c1cc(C)ccc1-c1nc(C)sc1C2. The number of pyridine rings is 1. The van der Waals surface area contributed by atoms with E-state index in [9.17, 15) is 0 Å². The van der Waals surface area contributed by atoms with Gasteiger partial charge in [0.25, 0.3) is 0 Å². The fourth-order valence-corrected chi connectivity index (χ4v) is 5.48. The van der Waals surface area contributed by atoms with Gasteiger partial charge < -0.3 is 10.5 Å². The van der Waals surface area contributed by atoms with Crippen molar-refractivity contribution in [1.29, 1.82) is 0 Å². The standard InChI is InChI=1S/C25H27N5OS/c1-6-19-23-16-10-21(25(26)27-12-16)31-14(3)18-9-13(2)7-8-17(18)24-22(32-15(4)28-24)11-20(23)30(5)29-19/h7-10,12,14H,6,11H2,1-5H3,(H2,26,27). The molecule has 0 amide bonds. The number of aryl methyl sites for hydroxylation is 4. The predicted molar refractivity (Wildman–Crippen MR) is 129 cm³/mol. The van der Waals surface area contributed by atoms with E-state index in [-0.39, 0.29) is 6.10 Å². The number of ether oxygens (including phenoxy) is 1. The summed E-state index contributed by atoms with van der Waals surface area (Å²) >= 11 is 1.75. The Balaban J connectivity index is 1.84. The van der Waals surface area contributed by atoms with E-state index in [1.54, 1.807) is 11.3 Å². The summed E-state index contributed by atoms with van der Waals surface area (Å²) in [6.07, 6.45) is 3.20. The van der Waals surface area contributed by atoms with Gasteiger partial charge in [0.15, 0.2) is 11.6 Å². The Kier molecular flexibility index (Phi) is 5.01. The monoisotopic (exact) mass is 445 g/mol. The number of hydrogen-bond acceptors (Lipinski definition) is 6. The van der Waals surface area contributed by atoms with Crippen molar-refractivity contribution in [3.8, 4) is 28.1 Å². The molecule has 6 nitrogen and oxygen atoms in total. The van der Waals surface area contributed by atoms with Gasteiger partial charge in [-0.15, -0.1) is 11.3 Å². The van der Waals surface area contributed by atoms with Gasteiger partial charge in [-0.2, -0.15) is 5.10 Å². The fraction of sp³-hybridized carbons (Fsp3) is 0.320. The lowest BCUT2D eigenvalue weighted by molar-refractivity contribution is 0.228. The van der Waals surface area contributed by atoms with Crippen LogP contribution in [0, 0.1) is 13.8 Å². The summed E-state index contributed by atoms with van der Waals surface area (Å²) in [5.74, 6) is 0.982. The van der Waals surface area contributed by atoms with E-state index in [0.29, 0.717) is 11.6 Å². The molecular formula is C25H27N5OS. The third-order valence-corrected chi connectivity index (χ3v) is 7.05. The summed E-state index contributed by atoms with van der Waals surface area (Å²) in [6.45, 7) is 8.35. The van der Waals surface area contributed by atoms with Crippen LogP contribution in [0.3, 0.4) is 0 Å². The number of hydrogen-bond donors (Lipinski definition) is 1. The molecule has 1 unspecified atom stereocenters. The molecule has 32 heavy (non-hydrogen) atoms. The lowest BCUT2D eigenvalue weighted by Crippen LogP contribution is -2.09. The summed E-state index contributed by atoms with van der Waals surface area (Å²) in [4.78, 5) is 10.7. The Morgan fingerprint density at radius 3 is 2.84 bits per heavy atom. The molecule has 0 aliphatic carbocycles. The van der Waals surface area contributed by atoms with E-state index in [2.05, 4.69) is 50.9 Å². The molecule has 1 aliphatic heterocycles. The first-order valence-electron chi connectivity index (χ1n) is 10.9. The Morgan fingerprint density at radius 1 is 1.25 bits per heavy atom. The van der Waals surface area contributed by atoms with E-state index >= 15 is 0 Å². The Morgan fingerprint density at radius 2 is 2.06 bits per heavy atom. The highest BCUT2D eigenvalue weighted by Crippen LogP contribution is 2.41. The second-order valence-electron chi connectivity index (χ2n) is 8.39. The van der Waals surface area contributed by atoms with Crippen LogP contribution >= 0.6 is 11.3 Å². The maximum Gasteiger partial charge on any atom is 0.166 e. The van der Waals surface area contributed by atoms with Crippen molar-refractivity contribution in [3.05, 3.63) is 62.9 Å². The van der Waals surface area contributed by atoms with Crippen LogP contribution in [0.5, 0.6) is 5.75 Å². The first kappa shape index (κ1) is 20.7. The third-order valence-electron chi connectivity index (χ3n) is 6.08. The van der Waals surface area contributed by atoms with Crippen LogP contribution in [-0.4, -0.2) is 19.7 Å². The van der Waals surface area contributed by atoms with Gasteiger partial charge in [0, 0.05) is 46.8 Å². The Bertz CT molecular complexity index is 1340. The van der Waals surface area contributed by atoms with Crippen LogP contribution in [0.1, 0.15) is 52.4 Å². The van der Waals surface area contributed by atoms with Crippen LogP contribution in [0.15, 0.2) is 30.5 Å². The molecular weight excluding hydrogens is 418 g/mol. The van der Waals surface area contributed by atoms with Crippen LogP contribution in [0.25, 0.3) is 22.4 Å². The van der Waals surface area contributed by atoms with Gasteiger partial charge >= 0.3 is 0 Å². The van der Waals surface area contributed by atoms with Crippen molar-refractivity contribution in [3.63, 3.8) is 0 Å². The van der Waals surface area contributed by atoms with Gasteiger partial charge in [-0.05, 0) is 33.3 Å². The van der Waals surface area contributed by atoms with Crippen molar-refractivity contribution < 1.29 is 4.74 Å². The quantitative estimate of drug-likeness (QED) is 0.424. The summed E-state index contributed by atoms with van der Waals surface area (Å²) in [5.41, 5.74) is 14.9. The van der Waals surface area contributed by atoms with E-state index in [0.717, 1.165) is 57.2 Å². The number of nitrogen functional groups attached to an aromatic ring is 1. The van der Waals surface area contributed by atoms with E-state index < -0.39 is 0 Å². The molecule has 4 aromatic rings. The molecule has 0 fully saturated rings. The molecule has 5 rings (SSSR count). The number of fused-ring (bicyclic) bond motifs is 7. The predicted octanol–water partition coefficient (Wildman–Crippen LogP) is 5.41. The zero-order valence-electron chi connectivity index (χ0n) is 19.1. The molecule has 0 saturated heterocycles. The molecule has 1 aromatic carbocycles. The number of nitrogens with zero attached hydrogens (tertiary/aromatic N) is 4. The molecule has 3 aromatic heterocycles. The van der Waals surface area contributed by atoms with Crippen molar-refractivity contribution in [2.45, 2.75) is 46.6 Å². The zero-order valence-corrected chi connectivity index (χ0v) is 19.9. The minimum absolute atomic E-state index is 0.211. The number of rotatable bonds is 1. The molecule has 7 heteroatoms. The molecule has 2 N–H and O–H groups in total. The van der Waals surface area contributed by atoms with E-state index in [4.69, 9.17) is 20.6 Å². The summed E-state index contributed by atoms with van der Waals surface area (Å²) in [7, 11) is 2.01. The first-order valence-corrected chi connectivity index (χ1v) is 11.7. The molecule has 1 atom stereocenters. The fourth-order valence-electron chi connectivity index (χ4n) is 4.53. The van der Waals surface area contributed by atoms with Gasteiger partial charge in [-0.25, -0.2) is 9.97 Å². The third kappa shape index (κ3) is 3.37. The van der Waals surface area contributed by atoms with Crippen molar-refractivity contribution in [2.24, 2.45) is 7.05 Å². The average molecular weight is 446 g/mol. The Hall–Kier alpha value is -3.19. The van der Waals surface area contributed by atoms with Gasteiger partial charge in [0.05, 0.1) is 22.1 Å². The van der Waals surface area contributed by atoms with Crippen molar-refractivity contribution >= 4 is 17.2 Å². The summed E-state index contributed by atoms with van der Waals surface area (Å²) in [5, 5.41) is 5.88. The van der Waals surface area contributed by atoms with Crippen molar-refractivity contribution in [2.75, 3.05) is 5.73 Å². The van der Waals surface area contributed by atoms with Gasteiger partial charge in [0.2, 0.25) is 0 Å². The minimum atomic E-state index is -0.211. The van der Waals surface area contributed by atoms with Crippen molar-refractivity contribution in [1.82, 2.24) is 19.7 Å². The second kappa shape index (κ2) is 7.74. The number of thiazole rings is 1. The van der Waals surface area contributed by atoms with Crippen LogP contribution < -0.4 is 10.5 Å². The number of anilines is 1. The Labute approximate surface area is 192 Å². The van der Waals surface area contributed by atoms with E-state index in [1.807, 2.05) is 24.0 Å². The average Bonchev–Trinajstić information content (AvgIpc) is 3.28. The maximum atomic E-state index is 6.42. The second-order valence-corrected chi connectivity index (χ2v) is 9.67. The zero-order chi connectivity index (χ0) is 22.6. The maximum absolute atomic E-state index is 6.42. The smallest absolute Gasteiger partial charge is 0.166 e. The lowest BCUT2D eigenvalue weighted by Gasteiger charge is -2.21. The van der Waals surface area contributed by atoms with E-state index in [1.165, 1.54) is 10.4 Å². The largest absolute Gasteiger partial charge is 0.482 e. The molecule has 4 heterocycles. The first-order chi connectivity index (χ1) is 15.4. The molecule has 164 valence electrons. The van der Waals surface area contributed by atoms with Crippen LogP contribution in [-0.2, 0) is 19.9 Å². The summed E-state index contributed by atoms with van der Waals surface area (Å²) < 4.78 is 8.41. The van der Waals surface area contributed by atoms with Gasteiger partial charge in [0.1, 0.15) is 6.10 Å².